The number of allylic oxidation sites excluding steroid dienone is 3. The first-order valence-corrected chi connectivity index (χ1v) is 3.14. The van der Waals surface area contributed by atoms with Crippen molar-refractivity contribution in [3.8, 4) is 0 Å². The maximum atomic E-state index is 12.1. The molecule has 0 saturated carbocycles. The standard InChI is InChI=1S/C8H10F3N/c1-5(2)7(4-6(3)12)8(9,10)11/h4H,1,3,12H2,2H3/b7-4+. The van der Waals surface area contributed by atoms with E-state index in [2.05, 4.69) is 13.2 Å². The van der Waals surface area contributed by atoms with Crippen LogP contribution in [0, 0.1) is 0 Å². The predicted octanol–water partition coefficient (Wildman–Crippen LogP) is 2.52. The normalized spacial score (nSPS) is 12.8. The largest absolute Gasteiger partial charge is 0.416 e. The van der Waals surface area contributed by atoms with Crippen LogP contribution in [0.15, 0.2) is 36.1 Å². The molecule has 0 fully saturated rings. The second-order valence-corrected chi connectivity index (χ2v) is 2.41. The van der Waals surface area contributed by atoms with Crippen molar-refractivity contribution >= 4 is 0 Å². The Bertz CT molecular complexity index is 235. The Balaban J connectivity index is 4.94. The van der Waals surface area contributed by atoms with E-state index in [0.29, 0.717) is 0 Å². The molecule has 0 aromatic carbocycles. The lowest BCUT2D eigenvalue weighted by Crippen LogP contribution is -2.13. The van der Waals surface area contributed by atoms with E-state index in [-0.39, 0.29) is 11.3 Å². The molecule has 0 amide bonds. The summed E-state index contributed by atoms with van der Waals surface area (Å²) in [6, 6.07) is 0. The fraction of sp³-hybridized carbons (Fsp3) is 0.250. The van der Waals surface area contributed by atoms with Gasteiger partial charge in [0.15, 0.2) is 0 Å². The molecule has 0 unspecified atom stereocenters. The second-order valence-electron chi connectivity index (χ2n) is 2.41. The first-order chi connectivity index (χ1) is 5.25. The number of halogens is 3. The summed E-state index contributed by atoms with van der Waals surface area (Å²) in [5.74, 6) is 0. The van der Waals surface area contributed by atoms with Gasteiger partial charge in [-0.3, -0.25) is 0 Å². The average molecular weight is 177 g/mol. The van der Waals surface area contributed by atoms with Gasteiger partial charge in [-0.15, -0.1) is 0 Å². The Hall–Kier alpha value is -1.19. The lowest BCUT2D eigenvalue weighted by Gasteiger charge is -2.10. The monoisotopic (exact) mass is 177 g/mol. The SMILES string of the molecule is C=C(N)/C=C(\C(=C)C)C(F)(F)F. The lowest BCUT2D eigenvalue weighted by atomic mass is 10.1. The first-order valence-electron chi connectivity index (χ1n) is 3.14. The Kier molecular flexibility index (Phi) is 3.13. The van der Waals surface area contributed by atoms with E-state index >= 15 is 0 Å². The molecule has 0 rings (SSSR count). The van der Waals surface area contributed by atoms with Gasteiger partial charge >= 0.3 is 6.18 Å². The van der Waals surface area contributed by atoms with E-state index in [1.807, 2.05) is 0 Å². The van der Waals surface area contributed by atoms with Gasteiger partial charge in [-0.05, 0) is 18.6 Å². The summed E-state index contributed by atoms with van der Waals surface area (Å²) in [6.07, 6.45) is -3.64. The van der Waals surface area contributed by atoms with Crippen molar-refractivity contribution < 1.29 is 13.2 Å². The van der Waals surface area contributed by atoms with Crippen molar-refractivity contribution in [2.24, 2.45) is 5.73 Å². The molecule has 2 N–H and O–H groups in total. The Labute approximate surface area is 69.1 Å². The Morgan fingerprint density at radius 1 is 1.33 bits per heavy atom. The lowest BCUT2D eigenvalue weighted by molar-refractivity contribution is -0.0893. The fourth-order valence-electron chi connectivity index (χ4n) is 0.632. The summed E-state index contributed by atoms with van der Waals surface area (Å²) < 4.78 is 36.3. The number of hydrogen-bond donors (Lipinski definition) is 1. The van der Waals surface area contributed by atoms with Gasteiger partial charge in [-0.1, -0.05) is 13.2 Å². The zero-order valence-corrected chi connectivity index (χ0v) is 6.70. The minimum absolute atomic E-state index is 0.0749. The maximum absolute atomic E-state index is 12.1. The number of nitrogens with two attached hydrogens (primary N) is 1. The van der Waals surface area contributed by atoms with Gasteiger partial charge in [0.25, 0.3) is 0 Å². The molecule has 0 saturated heterocycles. The van der Waals surface area contributed by atoms with Crippen LogP contribution < -0.4 is 5.73 Å². The molecule has 4 heteroatoms. The molecule has 0 aliphatic carbocycles. The highest BCUT2D eigenvalue weighted by Gasteiger charge is 2.33. The molecular formula is C8H10F3N. The van der Waals surface area contributed by atoms with Crippen molar-refractivity contribution in [3.63, 3.8) is 0 Å². The van der Waals surface area contributed by atoms with Crippen molar-refractivity contribution in [3.05, 3.63) is 36.1 Å². The molecule has 0 heterocycles. The van der Waals surface area contributed by atoms with E-state index in [9.17, 15) is 13.2 Å². The molecule has 0 bridgehead atoms. The summed E-state index contributed by atoms with van der Waals surface area (Å²) in [5.41, 5.74) is 3.97. The molecule has 0 radical (unpaired) electrons. The van der Waals surface area contributed by atoms with Crippen molar-refractivity contribution in [2.45, 2.75) is 13.1 Å². The number of hydrogen-bond acceptors (Lipinski definition) is 1. The van der Waals surface area contributed by atoms with Crippen LogP contribution in [0.3, 0.4) is 0 Å². The molecule has 1 nitrogen and oxygen atoms in total. The van der Waals surface area contributed by atoms with Crippen LogP contribution in [0.25, 0.3) is 0 Å². The third-order valence-electron chi connectivity index (χ3n) is 1.09. The van der Waals surface area contributed by atoms with E-state index in [0.717, 1.165) is 6.08 Å². The predicted molar refractivity (Wildman–Crippen MR) is 42.3 cm³/mol. The molecule has 12 heavy (non-hydrogen) atoms. The smallest absolute Gasteiger partial charge is 0.399 e. The van der Waals surface area contributed by atoms with Crippen LogP contribution in [0.5, 0.6) is 0 Å². The Morgan fingerprint density at radius 3 is 1.83 bits per heavy atom. The number of alkyl halides is 3. The summed E-state index contributed by atoms with van der Waals surface area (Å²) in [4.78, 5) is 0. The molecule has 68 valence electrons. The molecule has 0 spiro atoms. The highest BCUT2D eigenvalue weighted by atomic mass is 19.4. The van der Waals surface area contributed by atoms with Gasteiger partial charge in [-0.25, -0.2) is 0 Å². The van der Waals surface area contributed by atoms with Crippen LogP contribution >= 0.6 is 0 Å². The fourth-order valence-corrected chi connectivity index (χ4v) is 0.632. The molecular weight excluding hydrogens is 167 g/mol. The second kappa shape index (κ2) is 3.47. The summed E-state index contributed by atoms with van der Waals surface area (Å²) in [5, 5.41) is 0. The van der Waals surface area contributed by atoms with Gasteiger partial charge in [0, 0.05) is 5.70 Å². The summed E-state index contributed by atoms with van der Waals surface area (Å²) in [6.45, 7) is 7.61. The quantitative estimate of drug-likeness (QED) is 0.644. The Morgan fingerprint density at radius 2 is 1.75 bits per heavy atom. The first kappa shape index (κ1) is 10.8. The van der Waals surface area contributed by atoms with Gasteiger partial charge < -0.3 is 5.73 Å². The molecule has 0 aromatic rings. The van der Waals surface area contributed by atoms with Crippen molar-refractivity contribution in [1.82, 2.24) is 0 Å². The van der Waals surface area contributed by atoms with Crippen LogP contribution in [-0.2, 0) is 0 Å². The maximum Gasteiger partial charge on any atom is 0.416 e. The molecule has 0 aliphatic heterocycles. The third-order valence-corrected chi connectivity index (χ3v) is 1.09. The molecule has 0 aromatic heterocycles. The van der Waals surface area contributed by atoms with E-state index < -0.39 is 11.7 Å². The van der Waals surface area contributed by atoms with Crippen LogP contribution in [0.4, 0.5) is 13.2 Å². The van der Waals surface area contributed by atoms with E-state index in [1.54, 1.807) is 0 Å². The highest BCUT2D eigenvalue weighted by molar-refractivity contribution is 5.35. The van der Waals surface area contributed by atoms with Gasteiger partial charge in [0.1, 0.15) is 0 Å². The molecule has 0 aliphatic rings. The van der Waals surface area contributed by atoms with E-state index in [4.69, 9.17) is 5.73 Å². The minimum Gasteiger partial charge on any atom is -0.399 e. The van der Waals surface area contributed by atoms with Crippen LogP contribution in [0.1, 0.15) is 6.92 Å². The zero-order valence-electron chi connectivity index (χ0n) is 6.70. The van der Waals surface area contributed by atoms with Gasteiger partial charge in [0.05, 0.1) is 5.57 Å². The average Bonchev–Trinajstić information content (AvgIpc) is 1.79. The van der Waals surface area contributed by atoms with E-state index in [1.165, 1.54) is 6.92 Å². The van der Waals surface area contributed by atoms with Gasteiger partial charge in [-0.2, -0.15) is 13.2 Å². The van der Waals surface area contributed by atoms with Crippen molar-refractivity contribution in [2.75, 3.05) is 0 Å². The van der Waals surface area contributed by atoms with Crippen molar-refractivity contribution in [1.29, 1.82) is 0 Å². The third kappa shape index (κ3) is 3.27. The highest BCUT2D eigenvalue weighted by Crippen LogP contribution is 2.30. The topological polar surface area (TPSA) is 26.0 Å². The zero-order chi connectivity index (χ0) is 9.94. The summed E-state index contributed by atoms with van der Waals surface area (Å²) >= 11 is 0. The minimum atomic E-state index is -4.41. The van der Waals surface area contributed by atoms with Crippen LogP contribution in [0.2, 0.25) is 0 Å². The van der Waals surface area contributed by atoms with Gasteiger partial charge in [0.2, 0.25) is 0 Å². The molecule has 0 atom stereocenters. The number of rotatable bonds is 2. The van der Waals surface area contributed by atoms with Crippen LogP contribution in [-0.4, -0.2) is 6.18 Å². The summed E-state index contributed by atoms with van der Waals surface area (Å²) in [7, 11) is 0.